The number of pyridine rings is 1. The molecule has 0 aliphatic rings. The first-order valence-corrected chi connectivity index (χ1v) is 7.22. The summed E-state index contributed by atoms with van der Waals surface area (Å²) in [5.74, 6) is 0.785. The minimum absolute atomic E-state index is 0.569. The lowest BCUT2D eigenvalue weighted by atomic mass is 10.0. The SMILES string of the molecule is CC(C)CCC(C)NCc1cccc2cnccc12. The highest BCUT2D eigenvalue weighted by molar-refractivity contribution is 5.84. The molecule has 2 rings (SSSR count). The van der Waals surface area contributed by atoms with Crippen LogP contribution in [0.2, 0.25) is 0 Å². The van der Waals surface area contributed by atoms with E-state index in [4.69, 9.17) is 0 Å². The number of rotatable bonds is 6. The van der Waals surface area contributed by atoms with Crippen LogP contribution in [0.4, 0.5) is 0 Å². The molecule has 102 valence electrons. The van der Waals surface area contributed by atoms with E-state index in [0.29, 0.717) is 6.04 Å². The van der Waals surface area contributed by atoms with Gasteiger partial charge in [0, 0.05) is 30.4 Å². The second-order valence-electron chi connectivity index (χ2n) is 5.77. The van der Waals surface area contributed by atoms with Crippen LogP contribution >= 0.6 is 0 Å². The Hall–Kier alpha value is -1.41. The lowest BCUT2D eigenvalue weighted by molar-refractivity contribution is 0.451. The van der Waals surface area contributed by atoms with E-state index in [2.05, 4.69) is 55.3 Å². The Kier molecular flexibility index (Phi) is 4.92. The van der Waals surface area contributed by atoms with Gasteiger partial charge in [-0.1, -0.05) is 32.0 Å². The predicted octanol–water partition coefficient (Wildman–Crippen LogP) is 4.15. The van der Waals surface area contributed by atoms with Crippen molar-refractivity contribution in [1.82, 2.24) is 10.3 Å². The zero-order valence-corrected chi connectivity index (χ0v) is 12.2. The summed E-state index contributed by atoms with van der Waals surface area (Å²) >= 11 is 0. The largest absolute Gasteiger partial charge is 0.310 e. The molecule has 2 aromatic rings. The monoisotopic (exact) mass is 256 g/mol. The Labute approximate surface area is 116 Å². The molecule has 1 heterocycles. The molecule has 0 bridgehead atoms. The molecule has 0 aliphatic heterocycles. The molecular weight excluding hydrogens is 232 g/mol. The van der Waals surface area contributed by atoms with E-state index in [1.807, 2.05) is 12.4 Å². The van der Waals surface area contributed by atoms with Gasteiger partial charge in [0.25, 0.3) is 0 Å². The molecule has 0 radical (unpaired) electrons. The number of benzene rings is 1. The molecule has 2 nitrogen and oxygen atoms in total. The van der Waals surface area contributed by atoms with Gasteiger partial charge in [0.05, 0.1) is 0 Å². The van der Waals surface area contributed by atoms with Gasteiger partial charge in [0.2, 0.25) is 0 Å². The number of hydrogen-bond donors (Lipinski definition) is 1. The van der Waals surface area contributed by atoms with Crippen molar-refractivity contribution in [2.24, 2.45) is 5.92 Å². The van der Waals surface area contributed by atoms with Crippen molar-refractivity contribution in [3.05, 3.63) is 42.2 Å². The summed E-state index contributed by atoms with van der Waals surface area (Å²) in [6, 6.07) is 9.10. The van der Waals surface area contributed by atoms with Gasteiger partial charge in [-0.05, 0) is 42.7 Å². The Morgan fingerprint density at radius 1 is 1.11 bits per heavy atom. The molecular formula is C17H24N2. The Balaban J connectivity index is 1.98. The van der Waals surface area contributed by atoms with Crippen LogP contribution in [0.3, 0.4) is 0 Å². The fraction of sp³-hybridized carbons (Fsp3) is 0.471. The zero-order chi connectivity index (χ0) is 13.7. The van der Waals surface area contributed by atoms with Gasteiger partial charge in [-0.2, -0.15) is 0 Å². The van der Waals surface area contributed by atoms with Crippen LogP contribution in [0.25, 0.3) is 10.8 Å². The third kappa shape index (κ3) is 4.03. The molecule has 2 heteroatoms. The highest BCUT2D eigenvalue weighted by Gasteiger charge is 2.05. The van der Waals surface area contributed by atoms with Gasteiger partial charge in [0.1, 0.15) is 0 Å². The van der Waals surface area contributed by atoms with Crippen molar-refractivity contribution in [3.8, 4) is 0 Å². The van der Waals surface area contributed by atoms with Crippen LogP contribution in [0.1, 0.15) is 39.2 Å². The molecule has 0 aliphatic carbocycles. The third-order valence-corrected chi connectivity index (χ3v) is 3.59. The maximum Gasteiger partial charge on any atom is 0.0346 e. The molecule has 0 amide bonds. The molecule has 0 spiro atoms. The quantitative estimate of drug-likeness (QED) is 0.840. The number of nitrogens with one attached hydrogen (secondary N) is 1. The van der Waals surface area contributed by atoms with E-state index < -0.39 is 0 Å². The average molecular weight is 256 g/mol. The van der Waals surface area contributed by atoms with Crippen molar-refractivity contribution in [2.75, 3.05) is 0 Å². The van der Waals surface area contributed by atoms with Crippen LogP contribution in [-0.4, -0.2) is 11.0 Å². The Morgan fingerprint density at radius 2 is 1.95 bits per heavy atom. The van der Waals surface area contributed by atoms with E-state index in [1.54, 1.807) is 0 Å². The van der Waals surface area contributed by atoms with Gasteiger partial charge >= 0.3 is 0 Å². The highest BCUT2D eigenvalue weighted by atomic mass is 14.9. The topological polar surface area (TPSA) is 24.9 Å². The van der Waals surface area contributed by atoms with Crippen LogP contribution in [0.15, 0.2) is 36.7 Å². The first kappa shape index (κ1) is 14.0. The number of hydrogen-bond acceptors (Lipinski definition) is 2. The van der Waals surface area contributed by atoms with E-state index in [0.717, 1.165) is 12.5 Å². The summed E-state index contributed by atoms with van der Waals surface area (Å²) < 4.78 is 0. The minimum atomic E-state index is 0.569. The summed E-state index contributed by atoms with van der Waals surface area (Å²) in [7, 11) is 0. The molecule has 1 aromatic heterocycles. The second kappa shape index (κ2) is 6.67. The first-order valence-electron chi connectivity index (χ1n) is 7.22. The average Bonchev–Trinajstić information content (AvgIpc) is 2.42. The van der Waals surface area contributed by atoms with Crippen LogP contribution in [0, 0.1) is 5.92 Å². The van der Waals surface area contributed by atoms with Crippen molar-refractivity contribution >= 4 is 10.8 Å². The molecule has 0 saturated carbocycles. The summed E-state index contributed by atoms with van der Waals surface area (Å²) in [6.45, 7) is 7.77. The standard InChI is InChI=1S/C17H24N2/c1-13(2)7-8-14(3)19-12-16-6-4-5-15-11-18-10-9-17(15)16/h4-6,9-11,13-14,19H,7-8,12H2,1-3H3. The molecule has 19 heavy (non-hydrogen) atoms. The predicted molar refractivity (Wildman–Crippen MR) is 82.1 cm³/mol. The summed E-state index contributed by atoms with van der Waals surface area (Å²) in [5.41, 5.74) is 1.36. The molecule has 1 atom stereocenters. The van der Waals surface area contributed by atoms with Crippen LogP contribution in [0.5, 0.6) is 0 Å². The summed E-state index contributed by atoms with van der Waals surface area (Å²) in [5, 5.41) is 6.15. The van der Waals surface area contributed by atoms with Crippen molar-refractivity contribution in [1.29, 1.82) is 0 Å². The third-order valence-electron chi connectivity index (χ3n) is 3.59. The van der Waals surface area contributed by atoms with E-state index in [-0.39, 0.29) is 0 Å². The number of fused-ring (bicyclic) bond motifs is 1. The fourth-order valence-electron chi connectivity index (χ4n) is 2.31. The van der Waals surface area contributed by atoms with E-state index >= 15 is 0 Å². The maximum atomic E-state index is 4.18. The summed E-state index contributed by atoms with van der Waals surface area (Å²) in [6.07, 6.45) is 6.33. The smallest absolute Gasteiger partial charge is 0.0346 e. The number of nitrogens with zero attached hydrogens (tertiary/aromatic N) is 1. The van der Waals surface area contributed by atoms with E-state index in [9.17, 15) is 0 Å². The van der Waals surface area contributed by atoms with Crippen LogP contribution in [-0.2, 0) is 6.54 Å². The Morgan fingerprint density at radius 3 is 2.74 bits per heavy atom. The molecule has 0 saturated heterocycles. The highest BCUT2D eigenvalue weighted by Crippen LogP contribution is 2.17. The maximum absolute atomic E-state index is 4.18. The van der Waals surface area contributed by atoms with Crippen molar-refractivity contribution in [2.45, 2.75) is 46.2 Å². The number of aromatic nitrogens is 1. The van der Waals surface area contributed by atoms with Gasteiger partial charge in [-0.3, -0.25) is 4.98 Å². The van der Waals surface area contributed by atoms with Crippen molar-refractivity contribution in [3.63, 3.8) is 0 Å². The Bertz CT molecular complexity index is 514. The lowest BCUT2D eigenvalue weighted by Crippen LogP contribution is -2.25. The van der Waals surface area contributed by atoms with Gasteiger partial charge in [-0.15, -0.1) is 0 Å². The minimum Gasteiger partial charge on any atom is -0.310 e. The van der Waals surface area contributed by atoms with Gasteiger partial charge in [0.15, 0.2) is 0 Å². The zero-order valence-electron chi connectivity index (χ0n) is 12.2. The second-order valence-corrected chi connectivity index (χ2v) is 5.77. The summed E-state index contributed by atoms with van der Waals surface area (Å²) in [4.78, 5) is 4.18. The molecule has 1 unspecified atom stereocenters. The van der Waals surface area contributed by atoms with Gasteiger partial charge < -0.3 is 5.32 Å². The van der Waals surface area contributed by atoms with E-state index in [1.165, 1.54) is 29.2 Å². The molecule has 0 fully saturated rings. The normalized spacial score (nSPS) is 13.1. The first-order chi connectivity index (χ1) is 9.16. The van der Waals surface area contributed by atoms with Crippen LogP contribution < -0.4 is 5.32 Å². The van der Waals surface area contributed by atoms with Gasteiger partial charge in [-0.25, -0.2) is 0 Å². The molecule has 1 aromatic carbocycles. The lowest BCUT2D eigenvalue weighted by Gasteiger charge is -2.16. The fourth-order valence-corrected chi connectivity index (χ4v) is 2.31. The van der Waals surface area contributed by atoms with Crippen molar-refractivity contribution < 1.29 is 0 Å². The molecule has 1 N–H and O–H groups in total.